The monoisotopic (exact) mass is 448 g/mol. The molecule has 0 unspecified atom stereocenters. The molecule has 13 heteroatoms. The van der Waals surface area contributed by atoms with E-state index >= 15 is 0 Å². The van der Waals surface area contributed by atoms with E-state index in [2.05, 4.69) is 29.8 Å². The van der Waals surface area contributed by atoms with E-state index in [1.807, 2.05) is 13.0 Å². The lowest BCUT2D eigenvalue weighted by Gasteiger charge is -2.37. The highest BCUT2D eigenvalue weighted by molar-refractivity contribution is 7.89. The number of nitrogens with zero attached hydrogens (tertiary/aromatic N) is 7. The molecule has 1 aliphatic rings. The molecular weight excluding hydrogens is 424 g/mol. The number of rotatable bonds is 5. The summed E-state index contributed by atoms with van der Waals surface area (Å²) in [6.07, 6.45) is 1.46. The van der Waals surface area contributed by atoms with Crippen molar-refractivity contribution in [3.05, 3.63) is 29.5 Å². The molecule has 4 heterocycles. The van der Waals surface area contributed by atoms with Crippen LogP contribution in [0.25, 0.3) is 5.78 Å². The second kappa shape index (κ2) is 7.89. The van der Waals surface area contributed by atoms with Gasteiger partial charge >= 0.3 is 0 Å². The van der Waals surface area contributed by atoms with E-state index in [-0.39, 0.29) is 22.3 Å². The molecule has 3 aromatic heterocycles. The van der Waals surface area contributed by atoms with Crippen LogP contribution in [0.3, 0.4) is 0 Å². The van der Waals surface area contributed by atoms with E-state index in [1.54, 1.807) is 16.3 Å². The van der Waals surface area contributed by atoms with Crippen LogP contribution in [-0.4, -0.2) is 76.2 Å². The molecule has 0 aromatic carbocycles. The van der Waals surface area contributed by atoms with Crippen LogP contribution in [0, 0.1) is 20.8 Å². The van der Waals surface area contributed by atoms with Crippen LogP contribution in [0.4, 0.5) is 5.82 Å². The molecule has 3 aromatic rings. The normalized spacial score (nSPS) is 16.1. The molecular formula is C18H24N8O4S. The summed E-state index contributed by atoms with van der Waals surface area (Å²) in [4.78, 5) is 25.1. The van der Waals surface area contributed by atoms with Crippen LogP contribution in [0.1, 0.15) is 24.1 Å². The Balaban J connectivity index is 1.43. The molecule has 1 atom stereocenters. The van der Waals surface area contributed by atoms with Gasteiger partial charge in [0.25, 0.3) is 5.78 Å². The molecule has 1 aliphatic heterocycles. The third-order valence-electron chi connectivity index (χ3n) is 5.22. The Morgan fingerprint density at radius 2 is 1.90 bits per heavy atom. The lowest BCUT2D eigenvalue weighted by atomic mass is 10.2. The lowest BCUT2D eigenvalue weighted by molar-refractivity contribution is -0.132. The van der Waals surface area contributed by atoms with Gasteiger partial charge in [0.15, 0.2) is 5.76 Å². The van der Waals surface area contributed by atoms with Crippen molar-refractivity contribution in [1.82, 2.24) is 34.4 Å². The minimum absolute atomic E-state index is 0.0260. The van der Waals surface area contributed by atoms with Crippen molar-refractivity contribution < 1.29 is 17.7 Å². The number of carbonyl (C=O) groups is 1. The first kappa shape index (κ1) is 21.2. The SMILES string of the molecule is Cc1cc(N2CCN(C(=O)[C@H](C)NS(=O)(=O)c3c(C)noc3C)CC2)n2ncnc2n1. The summed E-state index contributed by atoms with van der Waals surface area (Å²) in [5.41, 5.74) is 1.08. The Morgan fingerprint density at radius 1 is 1.19 bits per heavy atom. The van der Waals surface area contributed by atoms with Gasteiger partial charge in [-0.3, -0.25) is 4.79 Å². The van der Waals surface area contributed by atoms with Crippen LogP contribution >= 0.6 is 0 Å². The maximum atomic E-state index is 12.9. The molecule has 31 heavy (non-hydrogen) atoms. The minimum Gasteiger partial charge on any atom is -0.360 e. The van der Waals surface area contributed by atoms with Gasteiger partial charge in [0.05, 0.1) is 6.04 Å². The van der Waals surface area contributed by atoms with Gasteiger partial charge in [0.1, 0.15) is 22.7 Å². The average molecular weight is 449 g/mol. The van der Waals surface area contributed by atoms with Crippen LogP contribution < -0.4 is 9.62 Å². The Bertz CT molecular complexity index is 1210. The molecule has 1 fully saturated rings. The number of fused-ring (bicyclic) bond motifs is 1. The van der Waals surface area contributed by atoms with Gasteiger partial charge in [-0.1, -0.05) is 5.16 Å². The fraction of sp³-hybridized carbons (Fsp3) is 0.500. The van der Waals surface area contributed by atoms with Gasteiger partial charge < -0.3 is 14.3 Å². The highest BCUT2D eigenvalue weighted by Crippen LogP contribution is 2.20. The molecule has 1 saturated heterocycles. The van der Waals surface area contributed by atoms with Crippen LogP contribution in [0.15, 0.2) is 21.8 Å². The zero-order valence-electron chi connectivity index (χ0n) is 17.7. The maximum absolute atomic E-state index is 12.9. The molecule has 0 bridgehead atoms. The quantitative estimate of drug-likeness (QED) is 0.573. The summed E-state index contributed by atoms with van der Waals surface area (Å²) in [6, 6.07) is 1.01. The minimum atomic E-state index is -3.93. The smallest absolute Gasteiger partial charge is 0.254 e. The molecule has 12 nitrogen and oxygen atoms in total. The number of sulfonamides is 1. The Morgan fingerprint density at radius 3 is 2.55 bits per heavy atom. The van der Waals surface area contributed by atoms with Crippen molar-refractivity contribution in [2.75, 3.05) is 31.1 Å². The van der Waals surface area contributed by atoms with Crippen molar-refractivity contribution in [1.29, 1.82) is 0 Å². The predicted octanol–water partition coefficient (Wildman–Crippen LogP) is 0.0532. The van der Waals surface area contributed by atoms with Crippen molar-refractivity contribution in [3.8, 4) is 0 Å². The summed E-state index contributed by atoms with van der Waals surface area (Å²) in [5.74, 6) is 1.28. The molecule has 166 valence electrons. The summed E-state index contributed by atoms with van der Waals surface area (Å²) in [7, 11) is -3.93. The van der Waals surface area contributed by atoms with Crippen molar-refractivity contribution in [3.63, 3.8) is 0 Å². The first-order valence-corrected chi connectivity index (χ1v) is 11.3. The number of anilines is 1. The van der Waals surface area contributed by atoms with E-state index in [9.17, 15) is 13.2 Å². The van der Waals surface area contributed by atoms with E-state index in [0.29, 0.717) is 32.0 Å². The second-order valence-corrected chi connectivity index (χ2v) is 9.19. The Hall–Kier alpha value is -3.06. The molecule has 4 rings (SSSR count). The van der Waals surface area contributed by atoms with Gasteiger partial charge in [-0.25, -0.2) is 13.4 Å². The highest BCUT2D eigenvalue weighted by atomic mass is 32.2. The topological polar surface area (TPSA) is 139 Å². The molecule has 0 spiro atoms. The molecule has 0 aliphatic carbocycles. The number of aromatic nitrogens is 5. The summed E-state index contributed by atoms with van der Waals surface area (Å²) >= 11 is 0. The highest BCUT2D eigenvalue weighted by Gasteiger charge is 2.31. The van der Waals surface area contributed by atoms with Crippen LogP contribution in [0.2, 0.25) is 0 Å². The number of amides is 1. The van der Waals surface area contributed by atoms with E-state index in [4.69, 9.17) is 4.52 Å². The number of piperazine rings is 1. The summed E-state index contributed by atoms with van der Waals surface area (Å²) in [6.45, 7) is 8.56. The Labute approximate surface area is 179 Å². The van der Waals surface area contributed by atoms with E-state index < -0.39 is 16.1 Å². The maximum Gasteiger partial charge on any atom is 0.254 e. The number of aryl methyl sites for hydroxylation is 3. The zero-order chi connectivity index (χ0) is 22.3. The lowest BCUT2D eigenvalue weighted by Crippen LogP contribution is -2.54. The first-order valence-electron chi connectivity index (χ1n) is 9.83. The molecule has 1 amide bonds. The number of hydrogen-bond donors (Lipinski definition) is 1. The summed E-state index contributed by atoms with van der Waals surface area (Å²) < 4.78 is 34.4. The zero-order valence-corrected chi connectivity index (χ0v) is 18.5. The predicted molar refractivity (Wildman–Crippen MR) is 110 cm³/mol. The standard InChI is InChI=1S/C18H24N8O4S/c1-11-9-15(26-18(21-11)19-10-20-26)24-5-7-25(8-6-24)17(27)13(3)23-31(28,29)16-12(2)22-30-14(16)4/h9-10,13,23H,5-8H2,1-4H3/t13-/m0/s1. The van der Waals surface area contributed by atoms with Gasteiger partial charge in [-0.2, -0.15) is 19.3 Å². The third kappa shape index (κ3) is 3.97. The van der Waals surface area contributed by atoms with Crippen LogP contribution in [0.5, 0.6) is 0 Å². The summed E-state index contributed by atoms with van der Waals surface area (Å²) in [5, 5.41) is 7.90. The van der Waals surface area contributed by atoms with Crippen molar-refractivity contribution in [2.45, 2.75) is 38.6 Å². The molecule has 1 N–H and O–H groups in total. The largest absolute Gasteiger partial charge is 0.360 e. The van der Waals surface area contributed by atoms with E-state index in [0.717, 1.165) is 11.5 Å². The van der Waals surface area contributed by atoms with Crippen molar-refractivity contribution >= 4 is 27.5 Å². The number of hydrogen-bond acceptors (Lipinski definition) is 9. The fourth-order valence-corrected chi connectivity index (χ4v) is 5.29. The van der Waals surface area contributed by atoms with Gasteiger partial charge in [0, 0.05) is 37.9 Å². The van der Waals surface area contributed by atoms with Gasteiger partial charge in [-0.15, -0.1) is 0 Å². The van der Waals surface area contributed by atoms with Gasteiger partial charge in [0.2, 0.25) is 15.9 Å². The first-order chi connectivity index (χ1) is 14.7. The van der Waals surface area contributed by atoms with Gasteiger partial charge in [-0.05, 0) is 27.7 Å². The fourth-order valence-electron chi connectivity index (χ4n) is 3.77. The Kier molecular flexibility index (Phi) is 5.39. The van der Waals surface area contributed by atoms with E-state index in [1.165, 1.54) is 20.2 Å². The molecule has 0 saturated carbocycles. The number of nitrogens with one attached hydrogen (secondary N) is 1. The third-order valence-corrected chi connectivity index (χ3v) is 7.00. The molecule has 0 radical (unpaired) electrons. The average Bonchev–Trinajstić information content (AvgIpc) is 3.32. The van der Waals surface area contributed by atoms with Crippen molar-refractivity contribution in [2.24, 2.45) is 0 Å². The van der Waals surface area contributed by atoms with Crippen LogP contribution in [-0.2, 0) is 14.8 Å². The second-order valence-electron chi connectivity index (χ2n) is 7.54. The number of carbonyl (C=O) groups excluding carboxylic acids is 1.